The highest BCUT2D eigenvalue weighted by Gasteiger charge is 2.15. The lowest BCUT2D eigenvalue weighted by Crippen LogP contribution is -2.20. The van der Waals surface area contributed by atoms with Crippen molar-refractivity contribution < 1.29 is 13.6 Å². The van der Waals surface area contributed by atoms with E-state index in [2.05, 4.69) is 24.3 Å². The van der Waals surface area contributed by atoms with Gasteiger partial charge in [-0.2, -0.15) is 5.10 Å². The smallest absolute Gasteiger partial charge is 0.282 e. The molecule has 0 saturated carbocycles. The van der Waals surface area contributed by atoms with Crippen molar-refractivity contribution in [3.05, 3.63) is 47.3 Å². The van der Waals surface area contributed by atoms with Gasteiger partial charge in [0.05, 0.1) is 0 Å². The number of nitrogens with zero attached hydrogens (tertiary/aromatic N) is 2. The number of anilines is 1. The summed E-state index contributed by atoms with van der Waals surface area (Å²) in [5.74, 6) is 0.174. The number of amides is 1. The molecule has 6 heteroatoms. The number of carbonyl (C=O) groups is 1. The van der Waals surface area contributed by atoms with Crippen LogP contribution in [-0.2, 0) is 11.3 Å². The van der Waals surface area contributed by atoms with Crippen LogP contribution in [0.3, 0.4) is 0 Å². The Kier molecular flexibility index (Phi) is 5.47. The van der Waals surface area contributed by atoms with Gasteiger partial charge in [-0.05, 0) is 43.0 Å². The number of carbonyl (C=O) groups excluding carboxylic acids is 1. The molecule has 0 fully saturated rings. The molecule has 1 amide bonds. The predicted octanol–water partition coefficient (Wildman–Crippen LogP) is 4.28. The maximum atomic E-state index is 12.6. The largest absolute Gasteiger partial charge is 0.324 e. The summed E-state index contributed by atoms with van der Waals surface area (Å²) in [6, 6.07) is 8.95. The molecule has 0 bridgehead atoms. The molecule has 4 nitrogen and oxygen atoms in total. The first kappa shape index (κ1) is 17.1. The lowest BCUT2D eigenvalue weighted by molar-refractivity contribution is -0.117. The molecular weight excluding hydrogens is 300 g/mol. The van der Waals surface area contributed by atoms with Gasteiger partial charge in [0.15, 0.2) is 0 Å². The fourth-order valence-corrected chi connectivity index (χ4v) is 2.27. The van der Waals surface area contributed by atoms with Crippen LogP contribution in [0.1, 0.15) is 49.6 Å². The van der Waals surface area contributed by atoms with Crippen LogP contribution in [0.25, 0.3) is 0 Å². The van der Waals surface area contributed by atoms with E-state index in [0.29, 0.717) is 17.3 Å². The molecule has 0 saturated heterocycles. The van der Waals surface area contributed by atoms with Crippen LogP contribution in [-0.4, -0.2) is 15.7 Å². The van der Waals surface area contributed by atoms with Crippen molar-refractivity contribution in [1.82, 2.24) is 9.78 Å². The number of hydrogen-bond donors (Lipinski definition) is 1. The van der Waals surface area contributed by atoms with Gasteiger partial charge in [-0.15, -0.1) is 0 Å². The van der Waals surface area contributed by atoms with Crippen molar-refractivity contribution in [3.63, 3.8) is 0 Å². The van der Waals surface area contributed by atoms with Gasteiger partial charge in [-0.25, -0.2) is 8.78 Å². The van der Waals surface area contributed by atoms with Crippen molar-refractivity contribution in [2.45, 2.75) is 46.1 Å². The molecule has 0 aliphatic heterocycles. The van der Waals surface area contributed by atoms with E-state index in [-0.39, 0.29) is 18.1 Å². The minimum absolute atomic E-state index is 0.0916. The molecule has 1 unspecified atom stereocenters. The number of aromatic nitrogens is 2. The maximum absolute atomic E-state index is 12.6. The van der Waals surface area contributed by atoms with Gasteiger partial charge in [-0.3, -0.25) is 9.48 Å². The first-order valence-corrected chi connectivity index (χ1v) is 7.63. The van der Waals surface area contributed by atoms with Crippen LogP contribution in [0.5, 0.6) is 0 Å². The third-order valence-corrected chi connectivity index (χ3v) is 3.89. The van der Waals surface area contributed by atoms with Gasteiger partial charge in [0, 0.05) is 11.4 Å². The number of aryl methyl sites for hydroxylation is 1. The lowest BCUT2D eigenvalue weighted by atomic mass is 9.99. The van der Waals surface area contributed by atoms with Crippen LogP contribution in [0, 0.1) is 6.92 Å². The zero-order valence-corrected chi connectivity index (χ0v) is 13.5. The maximum Gasteiger partial charge on any atom is 0.282 e. The van der Waals surface area contributed by atoms with Crippen molar-refractivity contribution in [2.24, 2.45) is 0 Å². The minimum atomic E-state index is -2.63. The van der Waals surface area contributed by atoms with Crippen molar-refractivity contribution in [3.8, 4) is 0 Å². The second kappa shape index (κ2) is 7.35. The number of nitrogens with one attached hydrogen (secondary N) is 1. The Hall–Kier alpha value is -2.24. The topological polar surface area (TPSA) is 46.9 Å². The summed E-state index contributed by atoms with van der Waals surface area (Å²) in [7, 11) is 0. The molecule has 2 rings (SSSR count). The average molecular weight is 321 g/mol. The molecular formula is C17H21F2N3O. The first-order chi connectivity index (χ1) is 10.9. The van der Waals surface area contributed by atoms with Crippen LogP contribution < -0.4 is 5.32 Å². The van der Waals surface area contributed by atoms with Gasteiger partial charge in [0.1, 0.15) is 12.2 Å². The standard InChI is InChI=1S/C17H21F2N3O/c1-4-11(2)13-5-7-14(8-6-13)20-16(23)10-22-12(3)9-15(21-22)17(18)19/h5-9,11,17H,4,10H2,1-3H3,(H,20,23). The quantitative estimate of drug-likeness (QED) is 0.863. The predicted molar refractivity (Wildman–Crippen MR) is 85.7 cm³/mol. The van der Waals surface area contributed by atoms with Crippen LogP contribution in [0.4, 0.5) is 14.5 Å². The van der Waals surface area contributed by atoms with Crippen LogP contribution in [0.15, 0.2) is 30.3 Å². The van der Waals surface area contributed by atoms with E-state index in [0.717, 1.165) is 6.42 Å². The summed E-state index contributed by atoms with van der Waals surface area (Å²) >= 11 is 0. The molecule has 0 aliphatic rings. The zero-order chi connectivity index (χ0) is 17.0. The molecule has 1 N–H and O–H groups in total. The zero-order valence-electron chi connectivity index (χ0n) is 13.5. The average Bonchev–Trinajstić information content (AvgIpc) is 2.88. The Labute approximate surface area is 134 Å². The van der Waals surface area contributed by atoms with E-state index < -0.39 is 6.43 Å². The van der Waals surface area contributed by atoms with E-state index in [9.17, 15) is 13.6 Å². The monoisotopic (exact) mass is 321 g/mol. The van der Waals surface area contributed by atoms with Gasteiger partial charge in [0.2, 0.25) is 5.91 Å². The lowest BCUT2D eigenvalue weighted by Gasteiger charge is -2.11. The third kappa shape index (κ3) is 4.37. The Morgan fingerprint density at radius 3 is 2.48 bits per heavy atom. The van der Waals surface area contributed by atoms with E-state index >= 15 is 0 Å². The Bertz CT molecular complexity index is 665. The first-order valence-electron chi connectivity index (χ1n) is 7.63. The SMILES string of the molecule is CCC(C)c1ccc(NC(=O)Cn2nc(C(F)F)cc2C)cc1. The van der Waals surface area contributed by atoms with E-state index in [1.54, 1.807) is 6.92 Å². The molecule has 1 aromatic carbocycles. The van der Waals surface area contributed by atoms with Crippen molar-refractivity contribution in [1.29, 1.82) is 0 Å². The molecule has 1 atom stereocenters. The molecule has 0 radical (unpaired) electrons. The van der Waals surface area contributed by atoms with Crippen LogP contribution >= 0.6 is 0 Å². The highest BCUT2D eigenvalue weighted by Crippen LogP contribution is 2.21. The van der Waals surface area contributed by atoms with E-state index in [4.69, 9.17) is 0 Å². The Morgan fingerprint density at radius 1 is 1.30 bits per heavy atom. The van der Waals surface area contributed by atoms with Gasteiger partial charge in [-0.1, -0.05) is 26.0 Å². The number of halogens is 2. The van der Waals surface area contributed by atoms with E-state index in [1.807, 2.05) is 24.3 Å². The Balaban J connectivity index is 1.99. The summed E-state index contributed by atoms with van der Waals surface area (Å²) in [5.41, 5.74) is 2.12. The highest BCUT2D eigenvalue weighted by molar-refractivity contribution is 5.90. The summed E-state index contributed by atoms with van der Waals surface area (Å²) in [6.07, 6.45) is -1.58. The third-order valence-electron chi connectivity index (χ3n) is 3.89. The summed E-state index contributed by atoms with van der Waals surface area (Å²) in [5, 5.41) is 6.50. The van der Waals surface area contributed by atoms with Gasteiger partial charge in [0.25, 0.3) is 6.43 Å². The summed E-state index contributed by atoms with van der Waals surface area (Å²) in [6.45, 7) is 5.83. The van der Waals surface area contributed by atoms with Gasteiger partial charge < -0.3 is 5.32 Å². The van der Waals surface area contributed by atoms with Crippen molar-refractivity contribution in [2.75, 3.05) is 5.32 Å². The van der Waals surface area contributed by atoms with Crippen molar-refractivity contribution >= 4 is 11.6 Å². The second-order valence-electron chi connectivity index (χ2n) is 5.65. The molecule has 23 heavy (non-hydrogen) atoms. The fourth-order valence-electron chi connectivity index (χ4n) is 2.27. The van der Waals surface area contributed by atoms with Gasteiger partial charge >= 0.3 is 0 Å². The summed E-state index contributed by atoms with van der Waals surface area (Å²) in [4.78, 5) is 12.0. The molecule has 124 valence electrons. The molecule has 0 aliphatic carbocycles. The molecule has 2 aromatic rings. The number of hydrogen-bond acceptors (Lipinski definition) is 2. The minimum Gasteiger partial charge on any atom is -0.324 e. The summed E-state index contributed by atoms with van der Waals surface area (Å²) < 4.78 is 26.5. The van der Waals surface area contributed by atoms with E-state index in [1.165, 1.54) is 16.3 Å². The fraction of sp³-hybridized carbons (Fsp3) is 0.412. The molecule has 0 spiro atoms. The molecule has 1 aromatic heterocycles. The number of rotatable bonds is 6. The van der Waals surface area contributed by atoms with Crippen LogP contribution in [0.2, 0.25) is 0 Å². The number of benzene rings is 1. The second-order valence-corrected chi connectivity index (χ2v) is 5.65. The highest BCUT2D eigenvalue weighted by atomic mass is 19.3. The Morgan fingerprint density at radius 2 is 1.96 bits per heavy atom. The number of alkyl halides is 2. The normalized spacial score (nSPS) is 12.4. The molecule has 1 heterocycles.